The van der Waals surface area contributed by atoms with Crippen LogP contribution in [-0.4, -0.2) is 4.57 Å². The van der Waals surface area contributed by atoms with E-state index in [9.17, 15) is 0 Å². The third kappa shape index (κ3) is 1.87. The van der Waals surface area contributed by atoms with Gasteiger partial charge >= 0.3 is 0 Å². The molecule has 1 rings (SSSR count). The van der Waals surface area contributed by atoms with Crippen LogP contribution in [-0.2, 0) is 7.05 Å². The molecule has 0 spiro atoms. The van der Waals surface area contributed by atoms with E-state index in [0.29, 0.717) is 6.04 Å². The molecule has 58 valence electrons. The molecule has 0 aromatic carbocycles. The molecule has 0 aliphatic rings. The van der Waals surface area contributed by atoms with Gasteiger partial charge in [0.25, 0.3) is 0 Å². The molecule has 1 heterocycles. The minimum atomic E-state index is 0. The van der Waals surface area contributed by atoms with E-state index >= 15 is 0 Å². The first-order valence-corrected chi connectivity index (χ1v) is 3.23. The number of aromatic nitrogens is 2. The SMILES string of the molecule is C.CC(C)n1cc[n+](C)c1. The van der Waals surface area contributed by atoms with Crippen LogP contribution in [0.3, 0.4) is 0 Å². The number of hydrogen-bond donors (Lipinski definition) is 0. The van der Waals surface area contributed by atoms with Crippen molar-refractivity contribution in [2.75, 3.05) is 0 Å². The van der Waals surface area contributed by atoms with Crippen molar-refractivity contribution in [3.63, 3.8) is 0 Å². The lowest BCUT2D eigenvalue weighted by molar-refractivity contribution is -0.671. The Kier molecular flexibility index (Phi) is 3.13. The molecule has 0 aliphatic carbocycles. The van der Waals surface area contributed by atoms with Crippen LogP contribution in [0.1, 0.15) is 27.3 Å². The summed E-state index contributed by atoms with van der Waals surface area (Å²) in [5.41, 5.74) is 0. The van der Waals surface area contributed by atoms with Crippen molar-refractivity contribution in [3.05, 3.63) is 18.7 Å². The average Bonchev–Trinajstić information content (AvgIpc) is 2.14. The molecule has 0 atom stereocenters. The lowest BCUT2D eigenvalue weighted by atomic mass is 10.4. The minimum absolute atomic E-state index is 0. The van der Waals surface area contributed by atoms with Crippen LogP contribution >= 0.6 is 0 Å². The fraction of sp³-hybridized carbons (Fsp3) is 0.625. The van der Waals surface area contributed by atoms with Crippen molar-refractivity contribution in [1.29, 1.82) is 0 Å². The molecule has 0 saturated carbocycles. The van der Waals surface area contributed by atoms with E-state index in [2.05, 4.69) is 30.9 Å². The van der Waals surface area contributed by atoms with Crippen molar-refractivity contribution in [2.24, 2.45) is 7.05 Å². The molecule has 0 saturated heterocycles. The summed E-state index contributed by atoms with van der Waals surface area (Å²) in [6, 6.07) is 0.575. The number of imidazole rings is 1. The van der Waals surface area contributed by atoms with E-state index in [0.717, 1.165) is 0 Å². The largest absolute Gasteiger partial charge is 0.243 e. The third-order valence-corrected chi connectivity index (χ3v) is 1.39. The Morgan fingerprint density at radius 3 is 2.20 bits per heavy atom. The number of nitrogens with zero attached hydrogens (tertiary/aromatic N) is 2. The van der Waals surface area contributed by atoms with Gasteiger partial charge in [0.1, 0.15) is 12.4 Å². The molecule has 0 fully saturated rings. The molecular formula is C8H17N2+. The van der Waals surface area contributed by atoms with E-state index in [-0.39, 0.29) is 7.43 Å². The molecule has 0 unspecified atom stereocenters. The lowest BCUT2D eigenvalue weighted by Gasteiger charge is -1.95. The third-order valence-electron chi connectivity index (χ3n) is 1.39. The van der Waals surface area contributed by atoms with E-state index in [4.69, 9.17) is 0 Å². The Hall–Kier alpha value is -0.790. The molecule has 1 aromatic heterocycles. The van der Waals surface area contributed by atoms with Crippen molar-refractivity contribution in [1.82, 2.24) is 4.57 Å². The van der Waals surface area contributed by atoms with E-state index in [1.165, 1.54) is 0 Å². The number of rotatable bonds is 1. The number of aryl methyl sites for hydroxylation is 1. The second kappa shape index (κ2) is 3.40. The van der Waals surface area contributed by atoms with Crippen molar-refractivity contribution >= 4 is 0 Å². The second-order valence-corrected chi connectivity index (χ2v) is 2.62. The smallest absolute Gasteiger partial charge is 0.240 e. The monoisotopic (exact) mass is 141 g/mol. The van der Waals surface area contributed by atoms with Gasteiger partial charge in [-0.05, 0) is 13.8 Å². The zero-order valence-corrected chi connectivity index (χ0v) is 6.20. The zero-order chi connectivity index (χ0) is 6.85. The highest BCUT2D eigenvalue weighted by Gasteiger charge is 2.01. The van der Waals surface area contributed by atoms with Crippen LogP contribution < -0.4 is 4.57 Å². The summed E-state index contributed by atoms with van der Waals surface area (Å²) in [7, 11) is 2.03. The fourth-order valence-corrected chi connectivity index (χ4v) is 0.775. The number of hydrogen-bond acceptors (Lipinski definition) is 0. The predicted molar refractivity (Wildman–Crippen MR) is 42.7 cm³/mol. The average molecular weight is 141 g/mol. The van der Waals surface area contributed by atoms with Gasteiger partial charge < -0.3 is 0 Å². The van der Waals surface area contributed by atoms with Gasteiger partial charge in [0.05, 0.1) is 13.1 Å². The summed E-state index contributed by atoms with van der Waals surface area (Å²) >= 11 is 0. The quantitative estimate of drug-likeness (QED) is 0.524. The maximum atomic E-state index is 2.17. The van der Waals surface area contributed by atoms with Crippen molar-refractivity contribution < 1.29 is 4.57 Å². The maximum Gasteiger partial charge on any atom is 0.243 e. The standard InChI is InChI=1S/C7H13N2.CH4/c1-7(2)9-5-4-8(3)6-9;/h4-7H,1-3H3;1H4/q+1;. The van der Waals surface area contributed by atoms with Gasteiger partial charge in [-0.25, -0.2) is 9.13 Å². The first-order valence-electron chi connectivity index (χ1n) is 3.23. The fourth-order valence-electron chi connectivity index (χ4n) is 0.775. The van der Waals surface area contributed by atoms with Gasteiger partial charge in [0, 0.05) is 0 Å². The summed E-state index contributed by atoms with van der Waals surface area (Å²) in [6.45, 7) is 4.33. The van der Waals surface area contributed by atoms with Gasteiger partial charge in [-0.1, -0.05) is 7.43 Å². The van der Waals surface area contributed by atoms with Crippen LogP contribution in [0.4, 0.5) is 0 Å². The highest BCUT2D eigenvalue weighted by molar-refractivity contribution is 4.69. The molecular weight excluding hydrogens is 124 g/mol. The van der Waals surface area contributed by atoms with Crippen LogP contribution in [0.5, 0.6) is 0 Å². The van der Waals surface area contributed by atoms with Crippen LogP contribution in [0, 0.1) is 0 Å². The molecule has 1 aromatic rings. The van der Waals surface area contributed by atoms with Crippen LogP contribution in [0.2, 0.25) is 0 Å². The predicted octanol–water partition coefficient (Wildman–Crippen LogP) is 1.53. The van der Waals surface area contributed by atoms with E-state index in [1.807, 2.05) is 17.8 Å². The van der Waals surface area contributed by atoms with E-state index in [1.54, 1.807) is 0 Å². The minimum Gasteiger partial charge on any atom is -0.240 e. The van der Waals surface area contributed by atoms with Gasteiger partial charge in [0.15, 0.2) is 0 Å². The molecule has 10 heavy (non-hydrogen) atoms. The summed E-state index contributed by atoms with van der Waals surface area (Å²) in [6.07, 6.45) is 6.19. The molecule has 0 bridgehead atoms. The Bertz CT molecular complexity index is 189. The first-order chi connectivity index (χ1) is 4.20. The lowest BCUT2D eigenvalue weighted by Crippen LogP contribution is -2.23. The normalized spacial score (nSPS) is 9.60. The summed E-state index contributed by atoms with van der Waals surface area (Å²) in [5.74, 6) is 0. The molecule has 0 N–H and O–H groups in total. The van der Waals surface area contributed by atoms with Gasteiger partial charge in [0.2, 0.25) is 6.33 Å². The Labute approximate surface area is 63.1 Å². The van der Waals surface area contributed by atoms with Gasteiger partial charge in [-0.2, -0.15) is 0 Å². The zero-order valence-electron chi connectivity index (χ0n) is 6.20. The molecule has 0 amide bonds. The molecule has 2 nitrogen and oxygen atoms in total. The first kappa shape index (κ1) is 9.21. The summed E-state index contributed by atoms with van der Waals surface area (Å²) in [5, 5.41) is 0. The summed E-state index contributed by atoms with van der Waals surface area (Å²) in [4.78, 5) is 0. The van der Waals surface area contributed by atoms with Gasteiger partial charge in [-0.15, -0.1) is 0 Å². The Balaban J connectivity index is 0.000000810. The van der Waals surface area contributed by atoms with Gasteiger partial charge in [-0.3, -0.25) is 0 Å². The second-order valence-electron chi connectivity index (χ2n) is 2.62. The molecule has 2 heteroatoms. The molecule has 0 aliphatic heterocycles. The Morgan fingerprint density at radius 1 is 1.40 bits per heavy atom. The van der Waals surface area contributed by atoms with Crippen molar-refractivity contribution in [2.45, 2.75) is 27.3 Å². The topological polar surface area (TPSA) is 8.81 Å². The highest BCUT2D eigenvalue weighted by atomic mass is 15.1. The Morgan fingerprint density at radius 2 is 2.00 bits per heavy atom. The van der Waals surface area contributed by atoms with Crippen molar-refractivity contribution in [3.8, 4) is 0 Å². The summed E-state index contributed by atoms with van der Waals surface area (Å²) < 4.78 is 4.21. The highest BCUT2D eigenvalue weighted by Crippen LogP contribution is 1.98. The maximum absolute atomic E-state index is 2.17. The molecule has 0 radical (unpaired) electrons. The van der Waals surface area contributed by atoms with Crippen LogP contribution in [0.15, 0.2) is 18.7 Å². The van der Waals surface area contributed by atoms with E-state index < -0.39 is 0 Å². The van der Waals surface area contributed by atoms with Crippen LogP contribution in [0.25, 0.3) is 0 Å².